The minimum absolute atomic E-state index is 0.160. The predicted molar refractivity (Wildman–Crippen MR) is 72.7 cm³/mol. The lowest BCUT2D eigenvalue weighted by atomic mass is 9.93. The number of aliphatic hydroxyl groups is 1. The summed E-state index contributed by atoms with van der Waals surface area (Å²) < 4.78 is 18.2. The van der Waals surface area contributed by atoms with Gasteiger partial charge >= 0.3 is 6.09 Å². The third-order valence-electron chi connectivity index (χ3n) is 3.28. The van der Waals surface area contributed by atoms with Gasteiger partial charge in [0.05, 0.1) is 6.54 Å². The maximum atomic E-state index is 12.9. The summed E-state index contributed by atoms with van der Waals surface area (Å²) in [6.45, 7) is 5.98. The number of halogens is 1. The number of nitrogens with zero attached hydrogens (tertiary/aromatic N) is 1. The van der Waals surface area contributed by atoms with Crippen molar-refractivity contribution in [2.45, 2.75) is 38.4 Å². The van der Waals surface area contributed by atoms with Crippen LogP contribution in [0.1, 0.15) is 32.8 Å². The normalized spacial score (nSPS) is 22.9. The van der Waals surface area contributed by atoms with Crippen LogP contribution in [0.2, 0.25) is 0 Å². The van der Waals surface area contributed by atoms with E-state index in [2.05, 4.69) is 0 Å². The topological polar surface area (TPSA) is 49.8 Å². The highest BCUT2D eigenvalue weighted by Gasteiger charge is 2.40. The molecule has 1 atom stereocenters. The maximum Gasteiger partial charge on any atom is 0.410 e. The fourth-order valence-corrected chi connectivity index (χ4v) is 2.27. The number of β-amino-alcohol motifs (C(OH)–C–C–N with tert-alkyl or cyclic N) is 1. The summed E-state index contributed by atoms with van der Waals surface area (Å²) in [6.07, 6.45) is -0.0201. The quantitative estimate of drug-likeness (QED) is 0.861. The predicted octanol–water partition coefficient (Wildman–Crippen LogP) is 2.65. The van der Waals surface area contributed by atoms with Crippen LogP contribution >= 0.6 is 0 Å². The van der Waals surface area contributed by atoms with Crippen LogP contribution in [0.3, 0.4) is 0 Å². The van der Waals surface area contributed by atoms with Crippen LogP contribution < -0.4 is 0 Å². The van der Waals surface area contributed by atoms with E-state index in [1.54, 1.807) is 32.9 Å². The van der Waals surface area contributed by atoms with Crippen molar-refractivity contribution >= 4 is 6.09 Å². The largest absolute Gasteiger partial charge is 0.444 e. The van der Waals surface area contributed by atoms with Gasteiger partial charge in [0.25, 0.3) is 0 Å². The molecular weight excluding hydrogens is 261 g/mol. The van der Waals surface area contributed by atoms with Gasteiger partial charge in [0.1, 0.15) is 17.0 Å². The monoisotopic (exact) mass is 281 g/mol. The van der Waals surface area contributed by atoms with Crippen molar-refractivity contribution in [2.75, 3.05) is 13.1 Å². The Balaban J connectivity index is 2.07. The van der Waals surface area contributed by atoms with E-state index in [0.717, 1.165) is 0 Å². The molecule has 1 saturated heterocycles. The molecule has 2 rings (SSSR count). The smallest absolute Gasteiger partial charge is 0.410 e. The fraction of sp³-hybridized carbons (Fsp3) is 0.533. The molecule has 0 saturated carbocycles. The number of benzene rings is 1. The molecule has 1 heterocycles. The first kappa shape index (κ1) is 14.8. The summed E-state index contributed by atoms with van der Waals surface area (Å²) in [5, 5.41) is 10.6. The molecule has 1 aliphatic rings. The molecule has 1 aliphatic heterocycles. The highest BCUT2D eigenvalue weighted by Crippen LogP contribution is 2.32. The van der Waals surface area contributed by atoms with Gasteiger partial charge in [0.2, 0.25) is 0 Å². The van der Waals surface area contributed by atoms with Gasteiger partial charge in [-0.15, -0.1) is 0 Å². The molecule has 0 radical (unpaired) electrons. The van der Waals surface area contributed by atoms with Crippen molar-refractivity contribution in [1.29, 1.82) is 0 Å². The zero-order chi connectivity index (χ0) is 15.0. The van der Waals surface area contributed by atoms with E-state index in [1.807, 2.05) is 0 Å². The van der Waals surface area contributed by atoms with Gasteiger partial charge < -0.3 is 14.7 Å². The number of hydrogen-bond donors (Lipinski definition) is 1. The first-order valence-corrected chi connectivity index (χ1v) is 6.66. The molecule has 0 aliphatic carbocycles. The van der Waals surface area contributed by atoms with Crippen molar-refractivity contribution in [3.8, 4) is 0 Å². The van der Waals surface area contributed by atoms with Gasteiger partial charge in [-0.1, -0.05) is 12.1 Å². The molecule has 1 N–H and O–H groups in total. The second-order valence-electron chi connectivity index (χ2n) is 6.19. The van der Waals surface area contributed by atoms with Crippen LogP contribution in [0.15, 0.2) is 24.3 Å². The maximum absolute atomic E-state index is 12.9. The molecule has 1 aromatic rings. The standard InChI is InChI=1S/C15H20FNO3/c1-14(2,3)20-13(18)17-9-8-15(19,10-17)11-4-6-12(16)7-5-11/h4-7,19H,8-10H2,1-3H3/t15-/m1/s1. The molecule has 0 bridgehead atoms. The zero-order valence-corrected chi connectivity index (χ0v) is 12.0. The van der Waals surface area contributed by atoms with Gasteiger partial charge in [-0.3, -0.25) is 0 Å². The fourth-order valence-electron chi connectivity index (χ4n) is 2.27. The number of rotatable bonds is 1. The summed E-state index contributed by atoms with van der Waals surface area (Å²) in [4.78, 5) is 13.4. The van der Waals surface area contributed by atoms with Crippen LogP contribution in [-0.2, 0) is 10.3 Å². The molecular formula is C15H20FNO3. The number of amides is 1. The Bertz CT molecular complexity index is 495. The summed E-state index contributed by atoms with van der Waals surface area (Å²) in [5.74, 6) is -0.348. The Kier molecular flexibility index (Phi) is 3.73. The molecule has 1 aromatic carbocycles. The van der Waals surface area contributed by atoms with Crippen molar-refractivity contribution in [3.63, 3.8) is 0 Å². The van der Waals surface area contributed by atoms with E-state index in [0.29, 0.717) is 18.5 Å². The highest BCUT2D eigenvalue weighted by atomic mass is 19.1. The Labute approximate surface area is 118 Å². The minimum Gasteiger partial charge on any atom is -0.444 e. The number of likely N-dealkylation sites (tertiary alicyclic amines) is 1. The van der Waals surface area contributed by atoms with Crippen LogP contribution in [0.5, 0.6) is 0 Å². The van der Waals surface area contributed by atoms with Crippen molar-refractivity contribution in [3.05, 3.63) is 35.6 Å². The average Bonchev–Trinajstić information content (AvgIpc) is 2.72. The number of carbonyl (C=O) groups is 1. The Morgan fingerprint density at radius 3 is 2.50 bits per heavy atom. The van der Waals surface area contributed by atoms with E-state index in [1.165, 1.54) is 17.0 Å². The molecule has 0 unspecified atom stereocenters. The molecule has 20 heavy (non-hydrogen) atoms. The van der Waals surface area contributed by atoms with Crippen LogP contribution in [0, 0.1) is 5.82 Å². The number of hydrogen-bond acceptors (Lipinski definition) is 3. The molecule has 4 nitrogen and oxygen atoms in total. The SMILES string of the molecule is CC(C)(C)OC(=O)N1CC[C@](O)(c2ccc(F)cc2)C1. The summed E-state index contributed by atoms with van der Waals surface area (Å²) in [5.41, 5.74) is -1.08. The van der Waals surface area contributed by atoms with Gasteiger partial charge in [0.15, 0.2) is 0 Å². The Hall–Kier alpha value is -1.62. The molecule has 0 spiro atoms. The first-order valence-electron chi connectivity index (χ1n) is 6.66. The van der Waals surface area contributed by atoms with Crippen LogP contribution in [0.4, 0.5) is 9.18 Å². The molecule has 110 valence electrons. The van der Waals surface area contributed by atoms with E-state index in [9.17, 15) is 14.3 Å². The molecule has 5 heteroatoms. The van der Waals surface area contributed by atoms with Crippen molar-refractivity contribution in [1.82, 2.24) is 4.90 Å². The molecule has 1 amide bonds. The second kappa shape index (κ2) is 5.05. The summed E-state index contributed by atoms with van der Waals surface area (Å²) in [6, 6.07) is 5.72. The average molecular weight is 281 g/mol. The van der Waals surface area contributed by atoms with Crippen molar-refractivity contribution < 1.29 is 19.0 Å². The van der Waals surface area contributed by atoms with E-state index in [-0.39, 0.29) is 12.4 Å². The third kappa shape index (κ3) is 3.28. The molecule has 1 fully saturated rings. The summed E-state index contributed by atoms with van der Waals surface area (Å²) in [7, 11) is 0. The Morgan fingerprint density at radius 1 is 1.35 bits per heavy atom. The lowest BCUT2D eigenvalue weighted by Crippen LogP contribution is -2.38. The first-order chi connectivity index (χ1) is 9.20. The highest BCUT2D eigenvalue weighted by molar-refractivity contribution is 5.68. The van der Waals surface area contributed by atoms with Crippen LogP contribution in [0.25, 0.3) is 0 Å². The van der Waals surface area contributed by atoms with E-state index < -0.39 is 17.3 Å². The van der Waals surface area contributed by atoms with E-state index in [4.69, 9.17) is 4.74 Å². The Morgan fingerprint density at radius 2 is 1.95 bits per heavy atom. The lowest BCUT2D eigenvalue weighted by molar-refractivity contribution is 0.0140. The van der Waals surface area contributed by atoms with Gasteiger partial charge in [-0.25, -0.2) is 9.18 Å². The third-order valence-corrected chi connectivity index (χ3v) is 3.28. The summed E-state index contributed by atoms with van der Waals surface area (Å²) >= 11 is 0. The van der Waals surface area contributed by atoms with Gasteiger partial charge in [-0.05, 0) is 44.9 Å². The van der Waals surface area contributed by atoms with Crippen LogP contribution in [-0.4, -0.2) is 34.8 Å². The zero-order valence-electron chi connectivity index (χ0n) is 12.0. The minimum atomic E-state index is -1.13. The van der Waals surface area contributed by atoms with Gasteiger partial charge in [0, 0.05) is 6.54 Å². The van der Waals surface area contributed by atoms with Gasteiger partial charge in [-0.2, -0.15) is 0 Å². The van der Waals surface area contributed by atoms with E-state index >= 15 is 0 Å². The number of carbonyl (C=O) groups excluding carboxylic acids is 1. The van der Waals surface area contributed by atoms with Crippen molar-refractivity contribution in [2.24, 2.45) is 0 Å². The lowest BCUT2D eigenvalue weighted by Gasteiger charge is -2.26. The number of ether oxygens (including phenoxy) is 1. The molecule has 0 aromatic heterocycles. The second-order valence-corrected chi connectivity index (χ2v) is 6.19.